The molecule has 0 amide bonds. The topological polar surface area (TPSA) is 47.8 Å². The molecule has 0 spiro atoms. The summed E-state index contributed by atoms with van der Waals surface area (Å²) < 4.78 is 1.66. The zero-order valence-electron chi connectivity index (χ0n) is 12.9. The van der Waals surface area contributed by atoms with Gasteiger partial charge in [-0.3, -0.25) is 9.48 Å². The van der Waals surface area contributed by atoms with E-state index >= 15 is 0 Å². The molecule has 0 fully saturated rings. The van der Waals surface area contributed by atoms with E-state index in [0.29, 0.717) is 18.0 Å². The van der Waals surface area contributed by atoms with Gasteiger partial charge in [-0.1, -0.05) is 12.1 Å². The molecule has 0 bridgehead atoms. The number of nitrogens with zero attached hydrogens (tertiary/aromatic N) is 3. The summed E-state index contributed by atoms with van der Waals surface area (Å²) in [5.74, 6) is 0.490. The van der Waals surface area contributed by atoms with Gasteiger partial charge in [0.25, 0.3) is 0 Å². The third-order valence-corrected chi connectivity index (χ3v) is 5.38. The standard InChI is InChI=1S/C18H17N3OS/c1-21-16(6-7-20-21)17(22)11-13-3-2-12-10-14(4-5-15(12)13)18-19-8-9-23-18/h4-10,13H,2-3,11H2,1H3/t13-/m0/s1. The first-order valence-corrected chi connectivity index (χ1v) is 8.64. The molecule has 2 aromatic heterocycles. The van der Waals surface area contributed by atoms with Gasteiger partial charge in [0.15, 0.2) is 5.78 Å². The Bertz CT molecular complexity index is 851. The summed E-state index contributed by atoms with van der Waals surface area (Å²) in [6.07, 6.45) is 6.15. The highest BCUT2D eigenvalue weighted by molar-refractivity contribution is 7.13. The minimum atomic E-state index is 0.173. The fraction of sp³-hybridized carbons (Fsp3) is 0.278. The third-order valence-electron chi connectivity index (χ3n) is 4.56. The molecule has 4 rings (SSSR count). The predicted octanol–water partition coefficient (Wildman–Crippen LogP) is 3.85. The maximum absolute atomic E-state index is 12.5. The Balaban J connectivity index is 1.56. The van der Waals surface area contributed by atoms with Gasteiger partial charge in [0, 0.05) is 36.8 Å². The lowest BCUT2D eigenvalue weighted by Crippen LogP contribution is -2.10. The van der Waals surface area contributed by atoms with Crippen molar-refractivity contribution in [1.29, 1.82) is 0 Å². The number of aryl methyl sites for hydroxylation is 2. The highest BCUT2D eigenvalue weighted by Gasteiger charge is 2.26. The molecule has 3 aromatic rings. The first kappa shape index (κ1) is 14.3. The van der Waals surface area contributed by atoms with E-state index in [1.165, 1.54) is 16.7 Å². The molecule has 1 aliphatic rings. The van der Waals surface area contributed by atoms with E-state index in [2.05, 4.69) is 28.3 Å². The van der Waals surface area contributed by atoms with Crippen molar-refractivity contribution in [3.63, 3.8) is 0 Å². The van der Waals surface area contributed by atoms with Crippen LogP contribution in [0.15, 0.2) is 42.0 Å². The Hall–Kier alpha value is -2.27. The molecule has 0 aliphatic heterocycles. The van der Waals surface area contributed by atoms with Gasteiger partial charge in [0.05, 0.1) is 0 Å². The van der Waals surface area contributed by atoms with Crippen LogP contribution >= 0.6 is 11.3 Å². The minimum absolute atomic E-state index is 0.173. The number of hydrogen-bond acceptors (Lipinski definition) is 4. The van der Waals surface area contributed by atoms with E-state index in [1.807, 2.05) is 18.6 Å². The molecule has 0 N–H and O–H groups in total. The number of benzene rings is 1. The number of fused-ring (bicyclic) bond motifs is 1. The highest BCUT2D eigenvalue weighted by Crippen LogP contribution is 2.38. The number of Topliss-reactive ketones (excluding diaryl/α,β-unsaturated/α-hetero) is 1. The number of carbonyl (C=O) groups is 1. The van der Waals surface area contributed by atoms with E-state index in [1.54, 1.807) is 28.3 Å². The molecule has 0 unspecified atom stereocenters. The van der Waals surface area contributed by atoms with Gasteiger partial charge in [-0.15, -0.1) is 11.3 Å². The van der Waals surface area contributed by atoms with Crippen LogP contribution in [0.4, 0.5) is 0 Å². The second-order valence-electron chi connectivity index (χ2n) is 5.95. The van der Waals surface area contributed by atoms with Crippen LogP contribution in [0, 0.1) is 0 Å². The molecule has 2 heterocycles. The number of thiazole rings is 1. The number of hydrogen-bond donors (Lipinski definition) is 0. The number of rotatable bonds is 4. The van der Waals surface area contributed by atoms with E-state index in [0.717, 1.165) is 17.8 Å². The molecule has 4 nitrogen and oxygen atoms in total. The number of aromatic nitrogens is 3. The average Bonchev–Trinajstić information content (AvgIpc) is 3.27. The van der Waals surface area contributed by atoms with Crippen LogP contribution in [0.25, 0.3) is 10.6 Å². The first-order chi connectivity index (χ1) is 11.2. The molecule has 0 saturated carbocycles. The molecule has 0 saturated heterocycles. The van der Waals surface area contributed by atoms with Crippen LogP contribution in [0.2, 0.25) is 0 Å². The lowest BCUT2D eigenvalue weighted by Gasteiger charge is -2.11. The Morgan fingerprint density at radius 2 is 2.26 bits per heavy atom. The van der Waals surface area contributed by atoms with Crippen LogP contribution in [0.3, 0.4) is 0 Å². The van der Waals surface area contributed by atoms with Crippen molar-refractivity contribution in [1.82, 2.24) is 14.8 Å². The van der Waals surface area contributed by atoms with Crippen molar-refractivity contribution in [2.75, 3.05) is 0 Å². The summed E-state index contributed by atoms with van der Waals surface area (Å²) in [5, 5.41) is 7.14. The molecular weight excluding hydrogens is 306 g/mol. The lowest BCUT2D eigenvalue weighted by atomic mass is 9.94. The fourth-order valence-electron chi connectivity index (χ4n) is 3.39. The van der Waals surface area contributed by atoms with Gasteiger partial charge < -0.3 is 0 Å². The fourth-order valence-corrected chi connectivity index (χ4v) is 4.03. The average molecular weight is 323 g/mol. The summed E-state index contributed by atoms with van der Waals surface area (Å²) in [6, 6.07) is 8.34. The van der Waals surface area contributed by atoms with Crippen molar-refractivity contribution >= 4 is 17.1 Å². The molecule has 1 atom stereocenters. The van der Waals surface area contributed by atoms with Crippen molar-refractivity contribution in [2.45, 2.75) is 25.2 Å². The maximum Gasteiger partial charge on any atom is 0.181 e. The van der Waals surface area contributed by atoms with Crippen LogP contribution in [0.1, 0.15) is 40.4 Å². The van der Waals surface area contributed by atoms with Crippen LogP contribution in [-0.2, 0) is 13.5 Å². The van der Waals surface area contributed by atoms with Gasteiger partial charge >= 0.3 is 0 Å². The smallest absolute Gasteiger partial charge is 0.181 e. The molecule has 23 heavy (non-hydrogen) atoms. The molecule has 0 radical (unpaired) electrons. The SMILES string of the molecule is Cn1nccc1C(=O)C[C@@H]1CCc2cc(-c3nccs3)ccc21. The lowest BCUT2D eigenvalue weighted by molar-refractivity contribution is 0.0964. The first-order valence-electron chi connectivity index (χ1n) is 7.76. The largest absolute Gasteiger partial charge is 0.292 e. The van der Waals surface area contributed by atoms with Gasteiger partial charge in [0.2, 0.25) is 0 Å². The van der Waals surface area contributed by atoms with Crippen molar-refractivity contribution in [3.8, 4) is 10.6 Å². The third kappa shape index (κ3) is 2.61. The summed E-state index contributed by atoms with van der Waals surface area (Å²) in [5.41, 5.74) is 4.55. The predicted molar refractivity (Wildman–Crippen MR) is 90.8 cm³/mol. The Morgan fingerprint density at radius 1 is 1.35 bits per heavy atom. The van der Waals surface area contributed by atoms with E-state index in [4.69, 9.17) is 0 Å². The molecule has 116 valence electrons. The van der Waals surface area contributed by atoms with E-state index < -0.39 is 0 Å². The van der Waals surface area contributed by atoms with Crippen molar-refractivity contribution < 1.29 is 4.79 Å². The maximum atomic E-state index is 12.5. The van der Waals surface area contributed by atoms with E-state index in [9.17, 15) is 4.79 Å². The van der Waals surface area contributed by atoms with Gasteiger partial charge in [-0.25, -0.2) is 4.98 Å². The van der Waals surface area contributed by atoms with Crippen LogP contribution < -0.4 is 0 Å². The summed E-state index contributed by atoms with van der Waals surface area (Å²) in [7, 11) is 1.82. The number of ketones is 1. The van der Waals surface area contributed by atoms with Gasteiger partial charge in [-0.05, 0) is 42.0 Å². The minimum Gasteiger partial charge on any atom is -0.292 e. The second kappa shape index (κ2) is 5.74. The zero-order chi connectivity index (χ0) is 15.8. The van der Waals surface area contributed by atoms with Crippen molar-refractivity contribution in [3.05, 3.63) is 58.9 Å². The Labute approximate surface area is 138 Å². The number of carbonyl (C=O) groups excluding carboxylic acids is 1. The molecular formula is C18H17N3OS. The Morgan fingerprint density at radius 3 is 3.00 bits per heavy atom. The van der Waals surface area contributed by atoms with Gasteiger partial charge in [0.1, 0.15) is 10.7 Å². The molecule has 1 aliphatic carbocycles. The quantitative estimate of drug-likeness (QED) is 0.685. The highest BCUT2D eigenvalue weighted by atomic mass is 32.1. The summed E-state index contributed by atoms with van der Waals surface area (Å²) in [6.45, 7) is 0. The van der Waals surface area contributed by atoms with Crippen LogP contribution in [-0.4, -0.2) is 20.5 Å². The van der Waals surface area contributed by atoms with E-state index in [-0.39, 0.29) is 5.78 Å². The van der Waals surface area contributed by atoms with Crippen molar-refractivity contribution in [2.24, 2.45) is 7.05 Å². The van der Waals surface area contributed by atoms with Crippen LogP contribution in [0.5, 0.6) is 0 Å². The summed E-state index contributed by atoms with van der Waals surface area (Å²) >= 11 is 1.66. The van der Waals surface area contributed by atoms with Gasteiger partial charge in [-0.2, -0.15) is 5.10 Å². The zero-order valence-corrected chi connectivity index (χ0v) is 13.7. The molecule has 5 heteroatoms. The Kier molecular flexibility index (Phi) is 3.58. The molecule has 1 aromatic carbocycles. The monoisotopic (exact) mass is 323 g/mol. The normalized spacial score (nSPS) is 16.5. The second-order valence-corrected chi connectivity index (χ2v) is 6.85. The summed E-state index contributed by atoms with van der Waals surface area (Å²) in [4.78, 5) is 16.9.